The number of nitrogens with one attached hydrogen (secondary N) is 1. The van der Waals surface area contributed by atoms with Gasteiger partial charge >= 0.3 is 0 Å². The van der Waals surface area contributed by atoms with E-state index >= 15 is 0 Å². The molecule has 0 amide bonds. The molecular weight excluding hydrogens is 222 g/mol. The van der Waals surface area contributed by atoms with Crippen molar-refractivity contribution >= 4 is 5.69 Å². The van der Waals surface area contributed by atoms with Crippen LogP contribution in [0.4, 0.5) is 5.69 Å². The number of aryl methyl sites for hydroxylation is 1. The molecule has 1 N–H and O–H groups in total. The van der Waals surface area contributed by atoms with Gasteiger partial charge in [-0.15, -0.1) is 0 Å². The van der Waals surface area contributed by atoms with Crippen LogP contribution in [0.1, 0.15) is 12.5 Å². The number of hydrogen-bond donors (Lipinski definition) is 1. The number of nitrogens with zero attached hydrogens (tertiary/aromatic N) is 2. The van der Waals surface area contributed by atoms with Crippen LogP contribution in [0.15, 0.2) is 24.3 Å². The Kier molecular flexibility index (Phi) is 6.76. The SMILES string of the molecule is CCN(CCNCCN(C)C)c1ccccc1C. The first kappa shape index (κ1) is 15.0. The molecule has 0 heterocycles. The Bertz CT molecular complexity index is 336. The molecule has 3 nitrogen and oxygen atoms in total. The molecule has 0 bridgehead atoms. The normalized spacial score (nSPS) is 10.9. The molecule has 0 atom stereocenters. The number of rotatable bonds is 8. The summed E-state index contributed by atoms with van der Waals surface area (Å²) in [5, 5.41) is 3.49. The van der Waals surface area contributed by atoms with Gasteiger partial charge in [0.2, 0.25) is 0 Å². The molecule has 0 aromatic heterocycles. The van der Waals surface area contributed by atoms with Crippen LogP contribution in [0.3, 0.4) is 0 Å². The molecule has 0 aliphatic heterocycles. The van der Waals surface area contributed by atoms with E-state index in [2.05, 4.69) is 67.3 Å². The fourth-order valence-electron chi connectivity index (χ4n) is 2.01. The van der Waals surface area contributed by atoms with Crippen molar-refractivity contribution in [3.8, 4) is 0 Å². The van der Waals surface area contributed by atoms with Crippen LogP contribution in [-0.4, -0.2) is 51.7 Å². The topological polar surface area (TPSA) is 18.5 Å². The maximum atomic E-state index is 3.49. The first-order valence-electron chi connectivity index (χ1n) is 6.81. The standard InChI is InChI=1S/C15H27N3/c1-5-18(13-11-16-10-12-17(3)4)15-9-7-6-8-14(15)2/h6-9,16H,5,10-13H2,1-4H3. The summed E-state index contributed by atoms with van der Waals surface area (Å²) in [4.78, 5) is 4.63. The van der Waals surface area contributed by atoms with E-state index in [-0.39, 0.29) is 0 Å². The van der Waals surface area contributed by atoms with Gasteiger partial charge in [-0.05, 0) is 39.6 Å². The van der Waals surface area contributed by atoms with E-state index in [9.17, 15) is 0 Å². The number of likely N-dealkylation sites (N-methyl/N-ethyl adjacent to an activating group) is 2. The van der Waals surface area contributed by atoms with E-state index in [1.54, 1.807) is 0 Å². The zero-order chi connectivity index (χ0) is 13.4. The van der Waals surface area contributed by atoms with Gasteiger partial charge in [-0.2, -0.15) is 0 Å². The smallest absolute Gasteiger partial charge is 0.0396 e. The molecule has 1 aromatic rings. The van der Waals surface area contributed by atoms with Gasteiger partial charge in [-0.3, -0.25) is 0 Å². The van der Waals surface area contributed by atoms with Crippen molar-refractivity contribution in [1.29, 1.82) is 0 Å². The van der Waals surface area contributed by atoms with Crippen molar-refractivity contribution < 1.29 is 0 Å². The third-order valence-electron chi connectivity index (χ3n) is 3.13. The highest BCUT2D eigenvalue weighted by Crippen LogP contribution is 2.18. The summed E-state index contributed by atoms with van der Waals surface area (Å²) in [6.07, 6.45) is 0. The third kappa shape index (κ3) is 5.07. The van der Waals surface area contributed by atoms with E-state index in [4.69, 9.17) is 0 Å². The molecule has 0 spiro atoms. The zero-order valence-electron chi connectivity index (χ0n) is 12.2. The Labute approximate surface area is 112 Å². The van der Waals surface area contributed by atoms with Gasteiger partial charge in [0.25, 0.3) is 0 Å². The summed E-state index contributed by atoms with van der Waals surface area (Å²) in [5.74, 6) is 0. The Morgan fingerprint density at radius 3 is 2.33 bits per heavy atom. The number of anilines is 1. The van der Waals surface area contributed by atoms with Crippen molar-refractivity contribution in [3.63, 3.8) is 0 Å². The minimum Gasteiger partial charge on any atom is -0.370 e. The summed E-state index contributed by atoms with van der Waals surface area (Å²) < 4.78 is 0. The van der Waals surface area contributed by atoms with Crippen molar-refractivity contribution in [2.45, 2.75) is 13.8 Å². The highest BCUT2D eigenvalue weighted by Gasteiger charge is 2.05. The van der Waals surface area contributed by atoms with Crippen LogP contribution in [0, 0.1) is 6.92 Å². The van der Waals surface area contributed by atoms with Crippen molar-refractivity contribution in [2.75, 3.05) is 51.7 Å². The molecule has 0 radical (unpaired) electrons. The summed E-state index contributed by atoms with van der Waals surface area (Å²) in [6.45, 7) is 9.70. The quantitative estimate of drug-likeness (QED) is 0.711. The predicted molar refractivity (Wildman–Crippen MR) is 80.5 cm³/mol. The van der Waals surface area contributed by atoms with Gasteiger partial charge < -0.3 is 15.1 Å². The summed E-state index contributed by atoms with van der Waals surface area (Å²) in [5.41, 5.74) is 2.71. The third-order valence-corrected chi connectivity index (χ3v) is 3.13. The molecular formula is C15H27N3. The summed E-state index contributed by atoms with van der Waals surface area (Å²) >= 11 is 0. The number of benzene rings is 1. The fraction of sp³-hybridized carbons (Fsp3) is 0.600. The van der Waals surface area contributed by atoms with E-state index in [0.29, 0.717) is 0 Å². The first-order valence-corrected chi connectivity index (χ1v) is 6.81. The van der Waals surface area contributed by atoms with Gasteiger partial charge in [0.15, 0.2) is 0 Å². The number of hydrogen-bond acceptors (Lipinski definition) is 3. The molecule has 1 rings (SSSR count). The predicted octanol–water partition coefficient (Wildman–Crippen LogP) is 1.97. The van der Waals surface area contributed by atoms with Crippen LogP contribution >= 0.6 is 0 Å². The highest BCUT2D eigenvalue weighted by molar-refractivity contribution is 5.52. The Hall–Kier alpha value is -1.06. The molecule has 0 saturated heterocycles. The average molecular weight is 249 g/mol. The maximum Gasteiger partial charge on any atom is 0.0396 e. The van der Waals surface area contributed by atoms with E-state index in [1.165, 1.54) is 11.3 Å². The lowest BCUT2D eigenvalue weighted by molar-refractivity contribution is 0.401. The molecule has 3 heteroatoms. The van der Waals surface area contributed by atoms with E-state index in [1.807, 2.05) is 0 Å². The lowest BCUT2D eigenvalue weighted by atomic mass is 10.2. The van der Waals surface area contributed by atoms with Crippen LogP contribution in [0.5, 0.6) is 0 Å². The Morgan fingerprint density at radius 1 is 1.06 bits per heavy atom. The summed E-state index contributed by atoms with van der Waals surface area (Å²) in [6, 6.07) is 8.60. The zero-order valence-corrected chi connectivity index (χ0v) is 12.2. The Balaban J connectivity index is 2.36. The highest BCUT2D eigenvalue weighted by atomic mass is 15.1. The second-order valence-electron chi connectivity index (χ2n) is 4.92. The van der Waals surface area contributed by atoms with Gasteiger partial charge in [0.05, 0.1) is 0 Å². The molecule has 1 aromatic carbocycles. The molecule has 0 saturated carbocycles. The molecule has 0 aliphatic carbocycles. The van der Waals surface area contributed by atoms with E-state index < -0.39 is 0 Å². The maximum absolute atomic E-state index is 3.49. The Morgan fingerprint density at radius 2 is 1.72 bits per heavy atom. The monoisotopic (exact) mass is 249 g/mol. The lowest BCUT2D eigenvalue weighted by Gasteiger charge is -2.25. The molecule has 0 fully saturated rings. The van der Waals surface area contributed by atoms with Crippen LogP contribution < -0.4 is 10.2 Å². The van der Waals surface area contributed by atoms with Gasteiger partial charge in [0.1, 0.15) is 0 Å². The van der Waals surface area contributed by atoms with Gasteiger partial charge in [-0.1, -0.05) is 18.2 Å². The molecule has 0 unspecified atom stereocenters. The first-order chi connectivity index (χ1) is 8.65. The van der Waals surface area contributed by atoms with Crippen LogP contribution in [-0.2, 0) is 0 Å². The molecule has 18 heavy (non-hydrogen) atoms. The molecule has 102 valence electrons. The van der Waals surface area contributed by atoms with Gasteiger partial charge in [-0.25, -0.2) is 0 Å². The second-order valence-corrected chi connectivity index (χ2v) is 4.92. The van der Waals surface area contributed by atoms with Crippen LogP contribution in [0.2, 0.25) is 0 Å². The van der Waals surface area contributed by atoms with Gasteiger partial charge in [0, 0.05) is 38.4 Å². The second kappa shape index (κ2) is 8.11. The number of para-hydroxylation sites is 1. The van der Waals surface area contributed by atoms with Crippen molar-refractivity contribution in [3.05, 3.63) is 29.8 Å². The molecule has 0 aliphatic rings. The largest absolute Gasteiger partial charge is 0.370 e. The average Bonchev–Trinajstić information content (AvgIpc) is 2.35. The summed E-state index contributed by atoms with van der Waals surface area (Å²) in [7, 11) is 4.21. The lowest BCUT2D eigenvalue weighted by Crippen LogP contribution is -2.35. The van der Waals surface area contributed by atoms with Crippen molar-refractivity contribution in [2.24, 2.45) is 0 Å². The minimum atomic E-state index is 1.04. The van der Waals surface area contributed by atoms with E-state index in [0.717, 1.165) is 32.7 Å². The van der Waals surface area contributed by atoms with Crippen molar-refractivity contribution in [1.82, 2.24) is 10.2 Å². The van der Waals surface area contributed by atoms with Crippen LogP contribution in [0.25, 0.3) is 0 Å². The fourth-order valence-corrected chi connectivity index (χ4v) is 2.01. The minimum absolute atomic E-state index is 1.04.